The molecule has 1 N–H and O–H groups in total. The van der Waals surface area contributed by atoms with Crippen LogP contribution in [0.4, 0.5) is 5.69 Å². The van der Waals surface area contributed by atoms with Crippen LogP contribution >= 0.6 is 0 Å². The predicted octanol–water partition coefficient (Wildman–Crippen LogP) is 6.55. The van der Waals surface area contributed by atoms with E-state index in [2.05, 4.69) is 5.32 Å². The molecule has 40 heavy (non-hydrogen) atoms. The van der Waals surface area contributed by atoms with Crippen LogP contribution in [0.25, 0.3) is 11.1 Å². The highest BCUT2D eigenvalue weighted by Crippen LogP contribution is 2.32. The van der Waals surface area contributed by atoms with Gasteiger partial charge < -0.3 is 19.7 Å². The molecule has 7 heteroatoms. The molecule has 0 saturated heterocycles. The quantitative estimate of drug-likeness (QED) is 0.259. The van der Waals surface area contributed by atoms with Crippen LogP contribution in [0.1, 0.15) is 40.1 Å². The highest BCUT2D eigenvalue weighted by molar-refractivity contribution is 6.05. The fraction of sp³-hybridized carbons (Fsp3) is 0.182. The zero-order valence-electron chi connectivity index (χ0n) is 22.6. The van der Waals surface area contributed by atoms with Gasteiger partial charge in [0.15, 0.2) is 0 Å². The Morgan fingerprint density at radius 2 is 1.52 bits per heavy atom. The highest BCUT2D eigenvalue weighted by Gasteiger charge is 2.38. The lowest BCUT2D eigenvalue weighted by atomic mass is 10.00. The van der Waals surface area contributed by atoms with Gasteiger partial charge in [-0.25, -0.2) is 4.79 Å². The van der Waals surface area contributed by atoms with Crippen molar-refractivity contribution in [1.29, 1.82) is 0 Å². The molecule has 1 atom stereocenters. The van der Waals surface area contributed by atoms with E-state index in [1.807, 2.05) is 86.6 Å². The first kappa shape index (κ1) is 26.7. The molecule has 0 radical (unpaired) electrons. The minimum atomic E-state index is -0.637. The van der Waals surface area contributed by atoms with Crippen molar-refractivity contribution in [1.82, 2.24) is 4.90 Å². The first-order chi connectivity index (χ1) is 19.3. The second-order valence-electron chi connectivity index (χ2n) is 9.99. The van der Waals surface area contributed by atoms with E-state index >= 15 is 0 Å². The summed E-state index contributed by atoms with van der Waals surface area (Å²) in [5, 5.41) is 2.92. The number of methoxy groups -OCH3 is 1. The Morgan fingerprint density at radius 1 is 0.825 bits per heavy atom. The molecule has 4 aromatic rings. The van der Waals surface area contributed by atoms with Gasteiger partial charge in [0, 0.05) is 23.4 Å². The summed E-state index contributed by atoms with van der Waals surface area (Å²) in [4.78, 5) is 40.1. The molecular formula is C33H30N2O5. The monoisotopic (exact) mass is 534 g/mol. The summed E-state index contributed by atoms with van der Waals surface area (Å²) in [5.74, 6) is 0.351. The third-order valence-electron chi connectivity index (χ3n) is 6.90. The van der Waals surface area contributed by atoms with Gasteiger partial charge in [0.05, 0.1) is 7.11 Å². The number of fused-ring (bicyclic) bond motifs is 1. The minimum Gasteiger partial charge on any atom is -0.467 e. The summed E-state index contributed by atoms with van der Waals surface area (Å²) in [5.41, 5.74) is 4.36. The van der Waals surface area contributed by atoms with Gasteiger partial charge in [0.1, 0.15) is 17.5 Å². The number of nitrogens with one attached hydrogen (secondary N) is 1. The molecule has 4 aromatic carbocycles. The van der Waals surface area contributed by atoms with Crippen molar-refractivity contribution in [2.24, 2.45) is 5.92 Å². The number of esters is 1. The highest BCUT2D eigenvalue weighted by atomic mass is 16.5. The van der Waals surface area contributed by atoms with Crippen LogP contribution in [0.15, 0.2) is 97.1 Å². The van der Waals surface area contributed by atoms with Gasteiger partial charge in [0.2, 0.25) is 0 Å². The zero-order valence-corrected chi connectivity index (χ0v) is 22.6. The molecular weight excluding hydrogens is 504 g/mol. The van der Waals surface area contributed by atoms with Crippen molar-refractivity contribution in [2.45, 2.75) is 26.4 Å². The predicted molar refractivity (Wildman–Crippen MR) is 153 cm³/mol. The molecule has 0 aliphatic carbocycles. The Labute approximate surface area is 233 Å². The lowest BCUT2D eigenvalue weighted by Gasteiger charge is -2.28. The first-order valence-corrected chi connectivity index (χ1v) is 13.1. The molecule has 2 amide bonds. The molecule has 0 fully saturated rings. The molecule has 1 aliphatic heterocycles. The van der Waals surface area contributed by atoms with Crippen LogP contribution in [0, 0.1) is 5.92 Å². The van der Waals surface area contributed by atoms with E-state index in [1.165, 1.54) is 7.11 Å². The number of para-hydroxylation sites is 1. The van der Waals surface area contributed by atoms with Gasteiger partial charge in [-0.1, -0.05) is 62.4 Å². The van der Waals surface area contributed by atoms with Gasteiger partial charge >= 0.3 is 5.97 Å². The van der Waals surface area contributed by atoms with E-state index in [1.54, 1.807) is 29.2 Å². The summed E-state index contributed by atoms with van der Waals surface area (Å²) in [6.07, 6.45) is 0. The maximum absolute atomic E-state index is 13.2. The Hall–Kier alpha value is -4.91. The number of benzene rings is 4. The summed E-state index contributed by atoms with van der Waals surface area (Å²) < 4.78 is 10.8. The average molecular weight is 535 g/mol. The van der Waals surface area contributed by atoms with Crippen LogP contribution in [0.5, 0.6) is 11.5 Å². The summed E-state index contributed by atoms with van der Waals surface area (Å²) in [6.45, 7) is 4.17. The topological polar surface area (TPSA) is 84.9 Å². The Balaban J connectivity index is 1.28. The number of carbonyl (C=O) groups excluding carboxylic acids is 3. The Kier molecular flexibility index (Phi) is 7.64. The maximum atomic E-state index is 13.2. The summed E-state index contributed by atoms with van der Waals surface area (Å²) in [6, 6.07) is 29.0. The van der Waals surface area contributed by atoms with E-state index in [0.29, 0.717) is 34.9 Å². The fourth-order valence-electron chi connectivity index (χ4n) is 4.88. The molecule has 0 saturated carbocycles. The standard InChI is InChI=1S/C33H30N2O5/c1-21(2)30(33(38)39-3)35-20-25-13-12-23(19-29(25)32(35)37)22-14-16-26(17-15-22)34-31(36)24-8-7-11-28(18-24)40-27-9-5-4-6-10-27/h4-19,21,30H,20H2,1-3H3,(H,34,36). The van der Waals surface area contributed by atoms with Crippen LogP contribution < -0.4 is 10.1 Å². The molecule has 0 bridgehead atoms. The number of anilines is 1. The van der Waals surface area contributed by atoms with E-state index in [9.17, 15) is 14.4 Å². The number of carbonyl (C=O) groups is 3. The van der Waals surface area contributed by atoms with E-state index in [-0.39, 0.29) is 17.7 Å². The molecule has 1 aliphatic rings. The van der Waals surface area contributed by atoms with Crippen molar-refractivity contribution in [3.63, 3.8) is 0 Å². The van der Waals surface area contributed by atoms with Gasteiger partial charge in [-0.15, -0.1) is 0 Å². The van der Waals surface area contributed by atoms with E-state index < -0.39 is 12.0 Å². The number of amides is 2. The lowest BCUT2D eigenvalue weighted by Crippen LogP contribution is -2.45. The normalized spacial score (nSPS) is 13.1. The van der Waals surface area contributed by atoms with Crippen LogP contribution in [0.2, 0.25) is 0 Å². The van der Waals surface area contributed by atoms with Crippen molar-refractivity contribution >= 4 is 23.5 Å². The molecule has 202 valence electrons. The maximum Gasteiger partial charge on any atom is 0.328 e. The largest absolute Gasteiger partial charge is 0.467 e. The lowest BCUT2D eigenvalue weighted by molar-refractivity contribution is -0.147. The average Bonchev–Trinajstić information content (AvgIpc) is 3.28. The van der Waals surface area contributed by atoms with Gasteiger partial charge in [-0.3, -0.25) is 9.59 Å². The van der Waals surface area contributed by atoms with E-state index in [0.717, 1.165) is 16.7 Å². The number of hydrogen-bond donors (Lipinski definition) is 1. The van der Waals surface area contributed by atoms with Crippen molar-refractivity contribution in [2.75, 3.05) is 12.4 Å². The smallest absolute Gasteiger partial charge is 0.328 e. The third kappa shape index (κ3) is 5.59. The number of hydrogen-bond acceptors (Lipinski definition) is 5. The van der Waals surface area contributed by atoms with Crippen molar-refractivity contribution in [3.8, 4) is 22.6 Å². The number of ether oxygens (including phenoxy) is 2. The second-order valence-corrected chi connectivity index (χ2v) is 9.99. The molecule has 1 heterocycles. The molecule has 1 unspecified atom stereocenters. The molecule has 0 aromatic heterocycles. The van der Waals surface area contributed by atoms with Crippen LogP contribution in [0.3, 0.4) is 0 Å². The summed E-state index contributed by atoms with van der Waals surface area (Å²) >= 11 is 0. The molecule has 7 nitrogen and oxygen atoms in total. The molecule has 0 spiro atoms. The summed E-state index contributed by atoms with van der Waals surface area (Å²) in [7, 11) is 1.34. The van der Waals surface area contributed by atoms with Gasteiger partial charge in [-0.2, -0.15) is 0 Å². The number of nitrogens with zero attached hydrogens (tertiary/aromatic N) is 1. The second kappa shape index (κ2) is 11.5. The van der Waals surface area contributed by atoms with Crippen molar-refractivity contribution in [3.05, 3.63) is 114 Å². The minimum absolute atomic E-state index is 0.0770. The third-order valence-corrected chi connectivity index (χ3v) is 6.90. The van der Waals surface area contributed by atoms with Gasteiger partial charge in [0.25, 0.3) is 11.8 Å². The molecule has 5 rings (SSSR count). The van der Waals surface area contributed by atoms with Crippen LogP contribution in [-0.2, 0) is 16.1 Å². The van der Waals surface area contributed by atoms with Crippen molar-refractivity contribution < 1.29 is 23.9 Å². The van der Waals surface area contributed by atoms with E-state index in [4.69, 9.17) is 9.47 Å². The Bertz CT molecular complexity index is 1550. The van der Waals surface area contributed by atoms with Crippen LogP contribution in [-0.4, -0.2) is 35.8 Å². The Morgan fingerprint density at radius 3 is 2.23 bits per heavy atom. The fourth-order valence-corrected chi connectivity index (χ4v) is 4.88. The number of rotatable bonds is 8. The SMILES string of the molecule is COC(=O)C(C(C)C)N1Cc2ccc(-c3ccc(NC(=O)c4cccc(Oc5ccccc5)c4)cc3)cc2C1=O. The zero-order chi connectivity index (χ0) is 28.2. The van der Waals surface area contributed by atoms with Gasteiger partial charge in [-0.05, 0) is 71.1 Å². The first-order valence-electron chi connectivity index (χ1n) is 13.1.